The van der Waals surface area contributed by atoms with Gasteiger partial charge in [-0.1, -0.05) is 42.0 Å². The Bertz CT molecular complexity index is 1580. The first-order chi connectivity index (χ1) is 18.0. The number of carbonyl (C=O) groups excluding carboxylic acids is 1. The average Bonchev–Trinajstić information content (AvgIpc) is 3.65. The van der Waals surface area contributed by atoms with Gasteiger partial charge in [0.15, 0.2) is 10.8 Å². The molecule has 1 aliphatic rings. The summed E-state index contributed by atoms with van der Waals surface area (Å²) in [4.78, 5) is 30.5. The second kappa shape index (κ2) is 9.64. The predicted molar refractivity (Wildman–Crippen MR) is 139 cm³/mol. The molecular formula is C25H22ClFN8OS. The summed E-state index contributed by atoms with van der Waals surface area (Å²) in [5, 5.41) is 10.4. The molecule has 2 N–H and O–H groups in total. The molecule has 5 aromatic rings. The maximum atomic E-state index is 15.0. The third-order valence-electron chi connectivity index (χ3n) is 6.91. The molecule has 1 amide bonds. The molecule has 1 saturated carbocycles. The number of aromatic amines is 1. The quantitative estimate of drug-likeness (QED) is 0.315. The molecule has 0 unspecified atom stereocenters. The maximum Gasteiger partial charge on any atom is 0.280 e. The predicted octanol–water partition coefficient (Wildman–Crippen LogP) is 5.29. The van der Waals surface area contributed by atoms with E-state index in [0.717, 1.165) is 36.1 Å². The largest absolute Gasteiger partial charge is 0.347 e. The van der Waals surface area contributed by atoms with Crippen molar-refractivity contribution in [3.8, 4) is 22.9 Å². The van der Waals surface area contributed by atoms with Crippen molar-refractivity contribution in [2.75, 3.05) is 0 Å². The number of nitrogens with one attached hydrogen (secondary N) is 2. The van der Waals surface area contributed by atoms with Crippen LogP contribution in [0.1, 0.15) is 42.0 Å². The molecule has 1 fully saturated rings. The molecule has 9 nitrogen and oxygen atoms in total. The zero-order valence-corrected chi connectivity index (χ0v) is 21.3. The summed E-state index contributed by atoms with van der Waals surface area (Å²) >= 11 is 7.13. The van der Waals surface area contributed by atoms with E-state index < -0.39 is 0 Å². The Balaban J connectivity index is 1.44. The van der Waals surface area contributed by atoms with Gasteiger partial charge in [0.25, 0.3) is 5.91 Å². The van der Waals surface area contributed by atoms with E-state index in [2.05, 4.69) is 42.0 Å². The van der Waals surface area contributed by atoms with Gasteiger partial charge in [-0.15, -0.1) is 0 Å². The average molecular weight is 537 g/mol. The van der Waals surface area contributed by atoms with E-state index in [-0.39, 0.29) is 29.7 Å². The number of halogens is 2. The first kappa shape index (κ1) is 23.7. The number of fused-ring (bicyclic) bond motifs is 1. The minimum absolute atomic E-state index is 0.0242. The highest BCUT2D eigenvalue weighted by Crippen LogP contribution is 2.40. The SMILES string of the molecule is C[C@H]1[C@@H](NC(=O)c2ncc(Cl)s2)CCC[C@H]1n1c(-c2ccccc2F)nc2cnc(-c3nc[nH]n3)cc21. The molecule has 4 heterocycles. The molecule has 12 heteroatoms. The van der Waals surface area contributed by atoms with E-state index in [1.807, 2.05) is 6.07 Å². The van der Waals surface area contributed by atoms with E-state index in [0.29, 0.717) is 37.8 Å². The molecule has 6 rings (SSSR count). The number of benzene rings is 1. The number of imidazole rings is 1. The van der Waals surface area contributed by atoms with E-state index in [1.54, 1.807) is 24.4 Å². The number of carbonyl (C=O) groups is 1. The minimum atomic E-state index is -0.352. The van der Waals surface area contributed by atoms with Crippen LogP contribution < -0.4 is 5.32 Å². The van der Waals surface area contributed by atoms with E-state index >= 15 is 4.39 Å². The Hall–Kier alpha value is -3.70. The lowest BCUT2D eigenvalue weighted by Gasteiger charge is -2.38. The van der Waals surface area contributed by atoms with Crippen LogP contribution in [-0.4, -0.2) is 46.6 Å². The zero-order chi connectivity index (χ0) is 25.5. The van der Waals surface area contributed by atoms with Crippen LogP contribution >= 0.6 is 22.9 Å². The van der Waals surface area contributed by atoms with Gasteiger partial charge in [0.1, 0.15) is 33.5 Å². The lowest BCUT2D eigenvalue weighted by Crippen LogP contribution is -2.44. The Morgan fingerprint density at radius 2 is 2.08 bits per heavy atom. The van der Waals surface area contributed by atoms with Crippen molar-refractivity contribution in [3.05, 3.63) is 64.2 Å². The van der Waals surface area contributed by atoms with Crippen molar-refractivity contribution in [1.29, 1.82) is 0 Å². The Kier molecular flexibility index (Phi) is 6.17. The zero-order valence-electron chi connectivity index (χ0n) is 19.7. The second-order valence-corrected chi connectivity index (χ2v) is 10.7. The highest BCUT2D eigenvalue weighted by Gasteiger charge is 2.35. The molecule has 1 aromatic carbocycles. The minimum Gasteiger partial charge on any atom is -0.347 e. The van der Waals surface area contributed by atoms with Gasteiger partial charge in [-0.25, -0.2) is 19.3 Å². The second-order valence-electron chi connectivity index (χ2n) is 9.07. The van der Waals surface area contributed by atoms with Crippen LogP contribution in [-0.2, 0) is 0 Å². The van der Waals surface area contributed by atoms with Crippen molar-refractivity contribution in [2.45, 2.75) is 38.3 Å². The van der Waals surface area contributed by atoms with Crippen LogP contribution in [0, 0.1) is 11.7 Å². The van der Waals surface area contributed by atoms with Gasteiger partial charge in [0, 0.05) is 12.1 Å². The Morgan fingerprint density at radius 1 is 1.22 bits per heavy atom. The maximum absolute atomic E-state index is 15.0. The van der Waals surface area contributed by atoms with Crippen LogP contribution in [0.2, 0.25) is 4.34 Å². The number of rotatable bonds is 5. The third-order valence-corrected chi connectivity index (χ3v) is 8.02. The molecule has 0 radical (unpaired) electrons. The smallest absolute Gasteiger partial charge is 0.280 e. The number of H-pyrrole nitrogens is 1. The van der Waals surface area contributed by atoms with Gasteiger partial charge in [-0.05, 0) is 43.4 Å². The van der Waals surface area contributed by atoms with Crippen molar-refractivity contribution in [3.63, 3.8) is 0 Å². The van der Waals surface area contributed by atoms with Gasteiger partial charge in [0.2, 0.25) is 0 Å². The topological polar surface area (TPSA) is 114 Å². The molecule has 0 aliphatic heterocycles. The summed E-state index contributed by atoms with van der Waals surface area (Å²) in [7, 11) is 0. The normalized spacial score (nSPS) is 19.8. The summed E-state index contributed by atoms with van der Waals surface area (Å²) in [6.07, 6.45) is 7.20. The number of pyridine rings is 1. The van der Waals surface area contributed by atoms with Gasteiger partial charge in [0.05, 0.1) is 23.5 Å². The number of thiazole rings is 1. The summed E-state index contributed by atoms with van der Waals surface area (Å²) < 4.78 is 17.6. The summed E-state index contributed by atoms with van der Waals surface area (Å²) in [5.41, 5.74) is 2.45. The molecule has 3 atom stereocenters. The number of amides is 1. The summed E-state index contributed by atoms with van der Waals surface area (Å²) in [6.45, 7) is 2.11. The summed E-state index contributed by atoms with van der Waals surface area (Å²) in [6, 6.07) is 8.36. The molecule has 0 bridgehead atoms. The first-order valence-electron chi connectivity index (χ1n) is 11.9. The number of hydrogen-bond donors (Lipinski definition) is 2. The van der Waals surface area contributed by atoms with Crippen molar-refractivity contribution >= 4 is 39.9 Å². The van der Waals surface area contributed by atoms with Crippen LogP contribution in [0.15, 0.2) is 49.1 Å². The van der Waals surface area contributed by atoms with Crippen LogP contribution in [0.4, 0.5) is 4.39 Å². The molecule has 0 spiro atoms. The molecule has 37 heavy (non-hydrogen) atoms. The number of nitrogens with zero attached hydrogens (tertiary/aromatic N) is 6. The molecular weight excluding hydrogens is 515 g/mol. The molecule has 0 saturated heterocycles. The highest BCUT2D eigenvalue weighted by atomic mass is 35.5. The first-order valence-corrected chi connectivity index (χ1v) is 13.1. The Morgan fingerprint density at radius 3 is 2.84 bits per heavy atom. The van der Waals surface area contributed by atoms with E-state index in [9.17, 15) is 4.79 Å². The van der Waals surface area contributed by atoms with Crippen molar-refractivity contribution < 1.29 is 9.18 Å². The number of aromatic nitrogens is 7. The van der Waals surface area contributed by atoms with Crippen LogP contribution in [0.5, 0.6) is 0 Å². The van der Waals surface area contributed by atoms with Gasteiger partial charge < -0.3 is 9.88 Å². The van der Waals surface area contributed by atoms with E-state index in [4.69, 9.17) is 16.6 Å². The molecule has 188 valence electrons. The lowest BCUT2D eigenvalue weighted by atomic mass is 9.81. The standard InChI is InChI=1S/C25H22ClFN8OS/c1-13-16(33-24(36)25-29-11-21(26)37-25)7-4-8-19(13)35-20-9-17(22-30-12-31-34-22)28-10-18(20)32-23(35)14-5-2-3-6-15(14)27/h2-3,5-6,9-13,16,19H,4,7-8H2,1H3,(H,33,36)(H,30,31,34)/t13-,16-,19+/m0/s1. The fraction of sp³-hybridized carbons (Fsp3) is 0.280. The van der Waals surface area contributed by atoms with Crippen molar-refractivity contribution in [1.82, 2.24) is 40.0 Å². The highest BCUT2D eigenvalue weighted by molar-refractivity contribution is 7.17. The molecule has 4 aromatic heterocycles. The fourth-order valence-electron chi connectivity index (χ4n) is 5.12. The van der Waals surface area contributed by atoms with Crippen LogP contribution in [0.25, 0.3) is 33.9 Å². The lowest BCUT2D eigenvalue weighted by molar-refractivity contribution is 0.0890. The summed E-state index contributed by atoms with van der Waals surface area (Å²) in [5.74, 6) is 0.422. The monoisotopic (exact) mass is 536 g/mol. The molecule has 1 aliphatic carbocycles. The van der Waals surface area contributed by atoms with Gasteiger partial charge >= 0.3 is 0 Å². The van der Waals surface area contributed by atoms with Gasteiger partial charge in [-0.3, -0.25) is 14.9 Å². The van der Waals surface area contributed by atoms with Gasteiger partial charge in [-0.2, -0.15) is 5.10 Å². The third kappa shape index (κ3) is 4.38. The van der Waals surface area contributed by atoms with Crippen molar-refractivity contribution in [2.24, 2.45) is 5.92 Å². The number of hydrogen-bond acceptors (Lipinski definition) is 7. The van der Waals surface area contributed by atoms with Crippen LogP contribution in [0.3, 0.4) is 0 Å². The fourth-order valence-corrected chi connectivity index (χ4v) is 5.93. The van der Waals surface area contributed by atoms with E-state index in [1.165, 1.54) is 18.6 Å². The Labute approximate surface area is 220 Å².